The summed E-state index contributed by atoms with van der Waals surface area (Å²) in [7, 11) is 0. The maximum Gasteiger partial charge on any atom is 0.229 e. The molecule has 25 heavy (non-hydrogen) atoms. The predicted octanol–water partition coefficient (Wildman–Crippen LogP) is 2.64. The highest BCUT2D eigenvalue weighted by molar-refractivity contribution is 6.03. The van der Waals surface area contributed by atoms with Crippen LogP contribution in [0, 0.1) is 5.92 Å². The third-order valence-electron chi connectivity index (χ3n) is 4.01. The number of hydrogen-bond donors (Lipinski definition) is 2. The Bertz CT molecular complexity index is 805. The van der Waals surface area contributed by atoms with Crippen molar-refractivity contribution in [3.05, 3.63) is 54.6 Å². The molecule has 0 radical (unpaired) electrons. The monoisotopic (exact) mass is 337 g/mol. The highest BCUT2D eigenvalue weighted by Gasteiger charge is 2.35. The maximum atomic E-state index is 12.5. The molecule has 1 atom stereocenters. The third-order valence-corrected chi connectivity index (χ3v) is 4.01. The molecule has 2 aromatic carbocycles. The molecule has 2 aromatic rings. The molecule has 3 rings (SSSR count). The number of benzene rings is 2. The van der Waals surface area contributed by atoms with Gasteiger partial charge in [-0.2, -0.15) is 0 Å². The molecule has 1 aliphatic rings. The number of nitrogens with zero attached hydrogens (tertiary/aromatic N) is 1. The van der Waals surface area contributed by atoms with Gasteiger partial charge in [0.25, 0.3) is 0 Å². The summed E-state index contributed by atoms with van der Waals surface area (Å²) in [6.45, 7) is 1.79. The van der Waals surface area contributed by atoms with Crippen molar-refractivity contribution in [2.45, 2.75) is 13.3 Å². The molecule has 1 saturated heterocycles. The van der Waals surface area contributed by atoms with Crippen LogP contribution in [0.1, 0.15) is 13.3 Å². The van der Waals surface area contributed by atoms with Crippen molar-refractivity contribution in [3.63, 3.8) is 0 Å². The maximum absolute atomic E-state index is 12.5. The summed E-state index contributed by atoms with van der Waals surface area (Å²) in [5, 5.41) is 5.49. The van der Waals surface area contributed by atoms with Gasteiger partial charge in [0.15, 0.2) is 0 Å². The normalized spacial score (nSPS) is 16.6. The van der Waals surface area contributed by atoms with E-state index in [-0.39, 0.29) is 24.1 Å². The van der Waals surface area contributed by atoms with Crippen LogP contribution < -0.4 is 15.5 Å². The molecular formula is C19H19N3O3. The van der Waals surface area contributed by atoms with E-state index < -0.39 is 5.92 Å². The molecule has 6 nitrogen and oxygen atoms in total. The van der Waals surface area contributed by atoms with Gasteiger partial charge in [-0.1, -0.05) is 24.3 Å². The Labute approximate surface area is 145 Å². The Balaban J connectivity index is 1.66. The minimum absolute atomic E-state index is 0.0571. The molecular weight excluding hydrogens is 318 g/mol. The van der Waals surface area contributed by atoms with Gasteiger partial charge in [0.2, 0.25) is 17.7 Å². The molecule has 0 aromatic heterocycles. The van der Waals surface area contributed by atoms with Crippen molar-refractivity contribution < 1.29 is 14.4 Å². The number of carbonyl (C=O) groups excluding carboxylic acids is 3. The van der Waals surface area contributed by atoms with Crippen molar-refractivity contribution in [1.82, 2.24) is 0 Å². The number of carbonyl (C=O) groups is 3. The van der Waals surface area contributed by atoms with Gasteiger partial charge >= 0.3 is 0 Å². The van der Waals surface area contributed by atoms with E-state index in [1.807, 2.05) is 30.3 Å². The quantitative estimate of drug-likeness (QED) is 0.900. The van der Waals surface area contributed by atoms with E-state index >= 15 is 0 Å². The first-order valence-corrected chi connectivity index (χ1v) is 8.07. The Morgan fingerprint density at radius 1 is 1.00 bits per heavy atom. The van der Waals surface area contributed by atoms with Crippen molar-refractivity contribution in [1.29, 1.82) is 0 Å². The molecule has 2 N–H and O–H groups in total. The highest BCUT2D eigenvalue weighted by atomic mass is 16.2. The standard InChI is InChI=1S/C19H19N3O3/c1-13(23)20-15-6-5-7-16(11-15)21-19(25)14-10-18(24)22(12-14)17-8-3-2-4-9-17/h2-9,11,14H,10,12H2,1H3,(H,20,23)(H,21,25)/t14-/m0/s1. The predicted molar refractivity (Wildman–Crippen MR) is 96.3 cm³/mol. The van der Waals surface area contributed by atoms with Gasteiger partial charge in [0, 0.05) is 37.0 Å². The summed E-state index contributed by atoms with van der Waals surface area (Å²) < 4.78 is 0. The number of amides is 3. The zero-order valence-corrected chi connectivity index (χ0v) is 13.9. The van der Waals surface area contributed by atoms with Gasteiger partial charge in [-0.05, 0) is 30.3 Å². The lowest BCUT2D eigenvalue weighted by molar-refractivity contribution is -0.122. The Morgan fingerprint density at radius 3 is 2.36 bits per heavy atom. The van der Waals surface area contributed by atoms with Crippen LogP contribution in [0.25, 0.3) is 0 Å². The molecule has 1 heterocycles. The summed E-state index contributed by atoms with van der Waals surface area (Å²) in [5.74, 6) is -0.842. The van der Waals surface area contributed by atoms with E-state index in [1.165, 1.54) is 6.92 Å². The van der Waals surface area contributed by atoms with Gasteiger partial charge in [0.1, 0.15) is 0 Å². The molecule has 0 saturated carbocycles. The fourth-order valence-electron chi connectivity index (χ4n) is 2.86. The average Bonchev–Trinajstić information content (AvgIpc) is 2.97. The van der Waals surface area contributed by atoms with Crippen molar-refractivity contribution in [2.24, 2.45) is 5.92 Å². The molecule has 128 valence electrons. The summed E-state index contributed by atoms with van der Waals surface area (Å²) in [6.07, 6.45) is 0.187. The van der Waals surface area contributed by atoms with Gasteiger partial charge in [-0.25, -0.2) is 0 Å². The summed E-state index contributed by atoms with van der Waals surface area (Å²) in [6, 6.07) is 16.2. The lowest BCUT2D eigenvalue weighted by Gasteiger charge is -2.16. The first-order valence-electron chi connectivity index (χ1n) is 8.07. The molecule has 6 heteroatoms. The summed E-state index contributed by atoms with van der Waals surface area (Å²) in [4.78, 5) is 37.5. The number of anilines is 3. The third kappa shape index (κ3) is 4.03. The fourth-order valence-corrected chi connectivity index (χ4v) is 2.86. The second kappa shape index (κ2) is 7.17. The van der Waals surface area contributed by atoms with Crippen molar-refractivity contribution in [2.75, 3.05) is 22.1 Å². The Kier molecular flexibility index (Phi) is 4.79. The van der Waals surface area contributed by atoms with E-state index in [0.717, 1.165) is 5.69 Å². The molecule has 0 unspecified atom stereocenters. The fraction of sp³-hybridized carbons (Fsp3) is 0.211. The lowest BCUT2D eigenvalue weighted by Crippen LogP contribution is -2.28. The second-order valence-corrected chi connectivity index (χ2v) is 5.99. The van der Waals surface area contributed by atoms with Gasteiger partial charge in [0.05, 0.1) is 5.92 Å². The van der Waals surface area contributed by atoms with Gasteiger partial charge in [-0.15, -0.1) is 0 Å². The van der Waals surface area contributed by atoms with Crippen LogP contribution in [0.4, 0.5) is 17.1 Å². The highest BCUT2D eigenvalue weighted by Crippen LogP contribution is 2.26. The molecule has 3 amide bonds. The number of nitrogens with one attached hydrogen (secondary N) is 2. The zero-order valence-electron chi connectivity index (χ0n) is 13.9. The second-order valence-electron chi connectivity index (χ2n) is 5.99. The molecule has 1 aliphatic heterocycles. The van der Waals surface area contributed by atoms with Crippen molar-refractivity contribution >= 4 is 34.8 Å². The van der Waals surface area contributed by atoms with Crippen molar-refractivity contribution in [3.8, 4) is 0 Å². The minimum atomic E-state index is -0.405. The largest absolute Gasteiger partial charge is 0.326 e. The smallest absolute Gasteiger partial charge is 0.229 e. The molecule has 1 fully saturated rings. The van der Waals surface area contributed by atoms with Crippen LogP contribution in [-0.2, 0) is 14.4 Å². The topological polar surface area (TPSA) is 78.5 Å². The summed E-state index contributed by atoms with van der Waals surface area (Å²) in [5.41, 5.74) is 2.00. The van der Waals surface area contributed by atoms with Crippen LogP contribution in [-0.4, -0.2) is 24.3 Å². The molecule has 0 spiro atoms. The Morgan fingerprint density at radius 2 is 1.68 bits per heavy atom. The van der Waals surface area contributed by atoms with E-state index in [1.54, 1.807) is 29.2 Å². The van der Waals surface area contributed by atoms with E-state index in [2.05, 4.69) is 10.6 Å². The molecule has 0 bridgehead atoms. The van der Waals surface area contributed by atoms with Gasteiger partial charge < -0.3 is 15.5 Å². The van der Waals surface area contributed by atoms with Gasteiger partial charge in [-0.3, -0.25) is 14.4 Å². The lowest BCUT2D eigenvalue weighted by atomic mass is 10.1. The van der Waals surface area contributed by atoms with Crippen LogP contribution in [0.2, 0.25) is 0 Å². The minimum Gasteiger partial charge on any atom is -0.326 e. The van der Waals surface area contributed by atoms with Crippen LogP contribution >= 0.6 is 0 Å². The summed E-state index contributed by atoms with van der Waals surface area (Å²) >= 11 is 0. The number of para-hydroxylation sites is 1. The first kappa shape index (κ1) is 16.7. The zero-order chi connectivity index (χ0) is 17.8. The number of rotatable bonds is 4. The van der Waals surface area contributed by atoms with Crippen LogP contribution in [0.15, 0.2) is 54.6 Å². The SMILES string of the molecule is CC(=O)Nc1cccc(NC(=O)[C@H]2CC(=O)N(c3ccccc3)C2)c1. The molecule has 0 aliphatic carbocycles. The Hall–Kier alpha value is -3.15. The van der Waals surface area contributed by atoms with E-state index in [4.69, 9.17) is 0 Å². The van der Waals surface area contributed by atoms with Crippen LogP contribution in [0.5, 0.6) is 0 Å². The average molecular weight is 337 g/mol. The first-order chi connectivity index (χ1) is 12.0. The number of hydrogen-bond acceptors (Lipinski definition) is 3. The van der Waals surface area contributed by atoms with Crippen LogP contribution in [0.3, 0.4) is 0 Å². The van der Waals surface area contributed by atoms with E-state index in [0.29, 0.717) is 17.9 Å². The van der Waals surface area contributed by atoms with E-state index in [9.17, 15) is 14.4 Å².